The van der Waals surface area contributed by atoms with E-state index in [4.69, 9.17) is 0 Å². The molecule has 0 aliphatic carbocycles. The van der Waals surface area contributed by atoms with Gasteiger partial charge in [0.1, 0.15) is 10.4 Å². The molecule has 1 unspecified atom stereocenters. The van der Waals surface area contributed by atoms with Crippen molar-refractivity contribution in [2.24, 2.45) is 0 Å². The summed E-state index contributed by atoms with van der Waals surface area (Å²) in [7, 11) is 0. The van der Waals surface area contributed by atoms with Gasteiger partial charge in [-0.1, -0.05) is 30.3 Å². The van der Waals surface area contributed by atoms with Crippen LogP contribution in [0.3, 0.4) is 0 Å². The third-order valence-corrected chi connectivity index (χ3v) is 4.05. The Kier molecular flexibility index (Phi) is 3.22. The van der Waals surface area contributed by atoms with Gasteiger partial charge in [0.25, 0.3) is 0 Å². The Morgan fingerprint density at radius 1 is 1.33 bits per heavy atom. The fraction of sp³-hybridized carbons (Fsp3) is 0.357. The molecule has 0 radical (unpaired) electrons. The van der Waals surface area contributed by atoms with Crippen molar-refractivity contribution in [3.05, 3.63) is 52.0 Å². The lowest BCUT2D eigenvalue weighted by atomic mass is 10.1. The van der Waals surface area contributed by atoms with Crippen LogP contribution < -0.4 is 0 Å². The predicted molar refractivity (Wildman–Crippen MR) is 73.5 cm³/mol. The number of nitrogens with zero attached hydrogens (tertiary/aromatic N) is 2. The molecule has 94 valence electrons. The van der Waals surface area contributed by atoms with Gasteiger partial charge in [0.2, 0.25) is 0 Å². The fourth-order valence-corrected chi connectivity index (χ4v) is 3.09. The molecule has 1 aliphatic heterocycles. The maximum atomic E-state index is 9.79. The smallest absolute Gasteiger partial charge is 0.127 e. The van der Waals surface area contributed by atoms with Crippen LogP contribution in [0.1, 0.15) is 23.5 Å². The Labute approximate surface area is 115 Å². The molecule has 1 aliphatic rings. The Morgan fingerprint density at radius 2 is 2.11 bits per heavy atom. The summed E-state index contributed by atoms with van der Waals surface area (Å²) >= 11 is 3.52. The highest BCUT2D eigenvalue weighted by Crippen LogP contribution is 2.26. The molecule has 18 heavy (non-hydrogen) atoms. The van der Waals surface area contributed by atoms with E-state index in [1.54, 1.807) is 0 Å². The quantitative estimate of drug-likeness (QED) is 0.926. The maximum Gasteiger partial charge on any atom is 0.127 e. The fourth-order valence-electron chi connectivity index (χ4n) is 2.48. The third kappa shape index (κ3) is 2.22. The van der Waals surface area contributed by atoms with E-state index in [0.717, 1.165) is 29.7 Å². The molecular formula is C14H15BrN2O. The van der Waals surface area contributed by atoms with E-state index >= 15 is 0 Å². The lowest BCUT2D eigenvalue weighted by Crippen LogP contribution is -2.25. The average Bonchev–Trinajstić information content (AvgIpc) is 2.67. The van der Waals surface area contributed by atoms with Crippen LogP contribution in [0, 0.1) is 0 Å². The number of aliphatic hydroxyl groups is 1. The molecule has 0 bridgehead atoms. The van der Waals surface area contributed by atoms with Crippen LogP contribution in [0.2, 0.25) is 0 Å². The van der Waals surface area contributed by atoms with Gasteiger partial charge in [-0.15, -0.1) is 0 Å². The lowest BCUT2D eigenvalue weighted by molar-refractivity contribution is 0.130. The Morgan fingerprint density at radius 3 is 2.89 bits per heavy atom. The van der Waals surface area contributed by atoms with E-state index in [0.29, 0.717) is 6.54 Å². The van der Waals surface area contributed by atoms with Crippen molar-refractivity contribution >= 4 is 15.9 Å². The SMILES string of the molecule is OC1CCc2c(Br)nc(Cc3ccccc3)n2C1. The van der Waals surface area contributed by atoms with Gasteiger partial charge in [-0.25, -0.2) is 4.98 Å². The van der Waals surface area contributed by atoms with Crippen molar-refractivity contribution < 1.29 is 5.11 Å². The second-order valence-corrected chi connectivity index (χ2v) is 5.48. The molecule has 3 nitrogen and oxygen atoms in total. The number of hydrogen-bond donors (Lipinski definition) is 1. The minimum absolute atomic E-state index is 0.242. The van der Waals surface area contributed by atoms with Crippen LogP contribution in [0.5, 0.6) is 0 Å². The molecule has 1 atom stereocenters. The van der Waals surface area contributed by atoms with Crippen LogP contribution in [0.15, 0.2) is 34.9 Å². The highest BCUT2D eigenvalue weighted by molar-refractivity contribution is 9.10. The van der Waals surface area contributed by atoms with Gasteiger partial charge in [-0.3, -0.25) is 0 Å². The van der Waals surface area contributed by atoms with Gasteiger partial charge in [-0.05, 0) is 34.3 Å². The van der Waals surface area contributed by atoms with Gasteiger partial charge in [0.15, 0.2) is 0 Å². The summed E-state index contributed by atoms with van der Waals surface area (Å²) < 4.78 is 3.09. The number of rotatable bonds is 2. The lowest BCUT2D eigenvalue weighted by Gasteiger charge is -2.21. The van der Waals surface area contributed by atoms with E-state index in [9.17, 15) is 5.11 Å². The molecule has 1 N–H and O–H groups in total. The molecule has 1 aromatic carbocycles. The summed E-state index contributed by atoms with van der Waals surface area (Å²) in [6, 6.07) is 10.3. The number of fused-ring (bicyclic) bond motifs is 1. The molecule has 0 amide bonds. The van der Waals surface area contributed by atoms with Gasteiger partial charge in [0.05, 0.1) is 18.3 Å². The first-order valence-electron chi connectivity index (χ1n) is 6.20. The molecule has 4 heteroatoms. The highest BCUT2D eigenvalue weighted by Gasteiger charge is 2.22. The van der Waals surface area contributed by atoms with E-state index in [1.807, 2.05) is 18.2 Å². The monoisotopic (exact) mass is 306 g/mol. The van der Waals surface area contributed by atoms with Crippen LogP contribution >= 0.6 is 15.9 Å². The number of aromatic nitrogens is 2. The zero-order valence-corrected chi connectivity index (χ0v) is 11.6. The van der Waals surface area contributed by atoms with Crippen LogP contribution in [-0.4, -0.2) is 20.8 Å². The van der Waals surface area contributed by atoms with E-state index < -0.39 is 0 Å². The van der Waals surface area contributed by atoms with Crippen LogP contribution in [0.4, 0.5) is 0 Å². The molecular weight excluding hydrogens is 292 g/mol. The van der Waals surface area contributed by atoms with Gasteiger partial charge in [-0.2, -0.15) is 0 Å². The normalized spacial score (nSPS) is 18.7. The molecule has 3 rings (SSSR count). The molecule has 0 saturated heterocycles. The van der Waals surface area contributed by atoms with E-state index in [-0.39, 0.29) is 6.10 Å². The maximum absolute atomic E-state index is 9.79. The number of imidazole rings is 1. The molecule has 2 heterocycles. The number of halogens is 1. The predicted octanol–water partition coefficient (Wildman–Crippen LogP) is 2.54. The summed E-state index contributed by atoms with van der Waals surface area (Å²) in [6.07, 6.45) is 2.29. The Bertz CT molecular complexity index is 550. The second-order valence-electron chi connectivity index (χ2n) is 4.73. The minimum Gasteiger partial charge on any atom is -0.391 e. The second kappa shape index (κ2) is 4.86. The van der Waals surface area contributed by atoms with Gasteiger partial charge >= 0.3 is 0 Å². The third-order valence-electron chi connectivity index (χ3n) is 3.42. The van der Waals surface area contributed by atoms with Gasteiger partial charge < -0.3 is 9.67 Å². The van der Waals surface area contributed by atoms with Crippen molar-refractivity contribution in [3.8, 4) is 0 Å². The largest absolute Gasteiger partial charge is 0.391 e. The van der Waals surface area contributed by atoms with Crippen molar-refractivity contribution in [1.29, 1.82) is 0 Å². The Hall–Kier alpha value is -1.13. The van der Waals surface area contributed by atoms with Crippen LogP contribution in [0.25, 0.3) is 0 Å². The van der Waals surface area contributed by atoms with Crippen molar-refractivity contribution in [3.63, 3.8) is 0 Å². The van der Waals surface area contributed by atoms with E-state index in [2.05, 4.69) is 37.6 Å². The average molecular weight is 307 g/mol. The molecule has 2 aromatic rings. The molecule has 0 saturated carbocycles. The summed E-state index contributed by atoms with van der Waals surface area (Å²) in [5.74, 6) is 1.03. The summed E-state index contributed by atoms with van der Waals surface area (Å²) in [5.41, 5.74) is 2.46. The first kappa shape index (κ1) is 11.9. The zero-order chi connectivity index (χ0) is 12.5. The van der Waals surface area contributed by atoms with Crippen molar-refractivity contribution in [1.82, 2.24) is 9.55 Å². The first-order chi connectivity index (χ1) is 8.74. The minimum atomic E-state index is -0.242. The standard InChI is InChI=1S/C14H15BrN2O/c15-14-12-7-6-11(18)9-17(12)13(16-14)8-10-4-2-1-3-5-10/h1-5,11,18H,6-9H2. The Balaban J connectivity index is 1.93. The zero-order valence-electron chi connectivity index (χ0n) is 10.0. The van der Waals surface area contributed by atoms with Crippen molar-refractivity contribution in [2.45, 2.75) is 31.9 Å². The summed E-state index contributed by atoms with van der Waals surface area (Å²) in [6.45, 7) is 0.663. The molecule has 0 spiro atoms. The first-order valence-corrected chi connectivity index (χ1v) is 6.99. The van der Waals surface area contributed by atoms with Gasteiger partial charge in [0, 0.05) is 6.42 Å². The highest BCUT2D eigenvalue weighted by atomic mass is 79.9. The topological polar surface area (TPSA) is 38.1 Å². The molecule has 1 aromatic heterocycles. The number of benzene rings is 1. The summed E-state index contributed by atoms with van der Waals surface area (Å²) in [4.78, 5) is 4.59. The number of hydrogen-bond acceptors (Lipinski definition) is 2. The van der Waals surface area contributed by atoms with Crippen molar-refractivity contribution in [2.75, 3.05) is 0 Å². The van der Waals surface area contributed by atoms with Crippen LogP contribution in [-0.2, 0) is 19.4 Å². The number of aliphatic hydroxyl groups excluding tert-OH is 1. The molecule has 0 fully saturated rings. The van der Waals surface area contributed by atoms with E-state index in [1.165, 1.54) is 11.3 Å². The summed E-state index contributed by atoms with van der Waals surface area (Å²) in [5, 5.41) is 9.79.